The van der Waals surface area contributed by atoms with Gasteiger partial charge in [0.05, 0.1) is 59.8 Å². The van der Waals surface area contributed by atoms with E-state index in [0.29, 0.717) is 54.2 Å². The second-order valence-corrected chi connectivity index (χ2v) is 16.9. The van der Waals surface area contributed by atoms with Crippen LogP contribution < -0.4 is 10.9 Å². The predicted molar refractivity (Wildman–Crippen MR) is 237 cm³/mol. The van der Waals surface area contributed by atoms with E-state index >= 15 is 0 Å². The van der Waals surface area contributed by atoms with E-state index in [1.807, 2.05) is 45.0 Å². The van der Waals surface area contributed by atoms with E-state index in [1.165, 1.54) is 6.07 Å². The zero-order valence-electron chi connectivity index (χ0n) is 36.5. The predicted octanol–water partition coefficient (Wildman–Crippen LogP) is 6.41. The third-order valence-corrected chi connectivity index (χ3v) is 12.7. The molecule has 0 aliphatic carbocycles. The van der Waals surface area contributed by atoms with Gasteiger partial charge in [0.15, 0.2) is 11.5 Å². The van der Waals surface area contributed by atoms with Crippen LogP contribution in [0.15, 0.2) is 70.0 Å². The fourth-order valence-electron chi connectivity index (χ4n) is 9.25. The number of carbonyl (C=O) groups is 3. The topological polar surface area (TPSA) is 216 Å². The molecule has 0 bridgehead atoms. The summed E-state index contributed by atoms with van der Waals surface area (Å²) in [6, 6.07) is 17.0. The summed E-state index contributed by atoms with van der Waals surface area (Å²) < 4.78 is 24.4. The zero-order valence-corrected chi connectivity index (χ0v) is 36.5. The van der Waals surface area contributed by atoms with Crippen molar-refractivity contribution in [1.29, 1.82) is 0 Å². The Morgan fingerprint density at radius 1 is 0.954 bits per heavy atom. The number of aromatic nitrogens is 3. The lowest BCUT2D eigenvalue weighted by atomic mass is 9.85. The lowest BCUT2D eigenvalue weighted by Gasteiger charge is -2.35. The Kier molecular flexibility index (Phi) is 11.4. The number of pyridine rings is 2. The fourth-order valence-corrected chi connectivity index (χ4v) is 9.25. The first-order valence-corrected chi connectivity index (χ1v) is 21.9. The highest BCUT2D eigenvalue weighted by Gasteiger charge is 2.50. The van der Waals surface area contributed by atoms with Crippen LogP contribution >= 0.6 is 0 Å². The van der Waals surface area contributed by atoms with E-state index in [0.717, 1.165) is 35.2 Å². The van der Waals surface area contributed by atoms with Gasteiger partial charge < -0.3 is 43.9 Å². The first kappa shape index (κ1) is 43.2. The molecule has 336 valence electrons. The molecule has 4 N–H and O–H groups in total. The minimum atomic E-state index is -1.95. The van der Waals surface area contributed by atoms with E-state index in [9.17, 15) is 34.5 Å². The maximum atomic E-state index is 14.2. The van der Waals surface area contributed by atoms with Gasteiger partial charge in [-0.3, -0.25) is 19.3 Å². The lowest BCUT2D eigenvalue weighted by Crippen LogP contribution is -2.47. The number of fused-ring (bicyclic) bond motifs is 5. The van der Waals surface area contributed by atoms with Crippen LogP contribution in [-0.2, 0) is 55.5 Å². The Bertz CT molecular complexity index is 2950. The van der Waals surface area contributed by atoms with Gasteiger partial charge in [-0.2, -0.15) is 0 Å². The average molecular weight is 884 g/mol. The third kappa shape index (κ3) is 7.65. The van der Waals surface area contributed by atoms with E-state index in [-0.39, 0.29) is 89.4 Å². The molecule has 0 radical (unpaired) electrons. The number of benzene rings is 3. The molecule has 6 aromatic rings. The molecule has 3 aliphatic heterocycles. The van der Waals surface area contributed by atoms with Crippen LogP contribution in [0.1, 0.15) is 90.3 Å². The summed E-state index contributed by atoms with van der Waals surface area (Å²) in [5.41, 5.74) is 4.08. The molecule has 16 nitrogen and oxygen atoms in total. The van der Waals surface area contributed by atoms with Crippen molar-refractivity contribution in [1.82, 2.24) is 24.9 Å². The number of phenolic OH excluding ortho intramolecular Hbond substituents is 3. The molecule has 3 aliphatic rings. The van der Waals surface area contributed by atoms with Crippen molar-refractivity contribution >= 4 is 28.7 Å². The Balaban J connectivity index is 0.979. The quantitative estimate of drug-likeness (QED) is 0.0977. The van der Waals surface area contributed by atoms with Gasteiger partial charge in [0.1, 0.15) is 23.9 Å². The first-order chi connectivity index (χ1) is 31.3. The van der Waals surface area contributed by atoms with Crippen LogP contribution in [0.5, 0.6) is 17.2 Å². The molecular weight excluding hydrogens is 835 g/mol. The van der Waals surface area contributed by atoms with Gasteiger partial charge in [-0.15, -0.1) is 0 Å². The summed E-state index contributed by atoms with van der Waals surface area (Å²) in [4.78, 5) is 62.8. The third-order valence-electron chi connectivity index (χ3n) is 12.7. The zero-order chi connectivity index (χ0) is 45.7. The largest absolute Gasteiger partial charge is 0.508 e. The number of phenols is 3. The minimum Gasteiger partial charge on any atom is -0.508 e. The van der Waals surface area contributed by atoms with Crippen molar-refractivity contribution in [3.05, 3.63) is 110 Å². The number of ether oxygens (including phenoxy) is 3. The van der Waals surface area contributed by atoms with E-state index < -0.39 is 29.0 Å². The van der Waals surface area contributed by atoms with Gasteiger partial charge in [-0.1, -0.05) is 57.1 Å². The molecule has 9 rings (SSSR count). The second kappa shape index (κ2) is 17.2. The summed E-state index contributed by atoms with van der Waals surface area (Å²) in [7, 11) is 0. The molecule has 0 saturated carbocycles. The van der Waals surface area contributed by atoms with Gasteiger partial charge in [-0.25, -0.2) is 9.78 Å². The smallest absolute Gasteiger partial charge is 0.355 e. The number of nitrogens with zero attached hydrogens (tertiary/aromatic N) is 4. The highest BCUT2D eigenvalue weighted by molar-refractivity contribution is 6.03. The first-order valence-electron chi connectivity index (χ1n) is 21.9. The molecule has 1 atom stereocenters. The van der Waals surface area contributed by atoms with Crippen LogP contribution in [0, 0.1) is 0 Å². The molecule has 1 fully saturated rings. The number of rotatable bonds is 12. The van der Waals surface area contributed by atoms with Crippen molar-refractivity contribution in [3.8, 4) is 51.1 Å². The summed E-state index contributed by atoms with van der Waals surface area (Å²) in [6.45, 7) is 10.8. The molecule has 0 spiro atoms. The molecule has 0 unspecified atom stereocenters. The standard InChI is InChI=1S/C49H49N5O11/c1-5-30-32-19-29(55)11-12-37(32)51-43-34(30)24-54-38(43)21-36-35(47(54)60)25-63-48(61)49(36,6-2)64-41(58)13-14-50-46(59)44-42(28-9-7-27(8-10-28)23-53-15-17-62-18-16-53)45(65-52-44)33-20-31(26(3)4)39(56)22-40(33)57/h7-12,19-22,26,55-57H,5-6,13-18,23-25H2,1-4H3,(H,50,59)/t49-/m0/s1. The summed E-state index contributed by atoms with van der Waals surface area (Å²) in [5, 5.41) is 39.5. The Hall–Kier alpha value is -7.04. The molecule has 3 aromatic carbocycles. The Morgan fingerprint density at radius 3 is 2.45 bits per heavy atom. The SMILES string of the molecule is CCc1c2c(nc3ccc(O)cc13)-c1cc3c(c(=O)n1C2)COC(=O)[C@@]3(CC)OC(=O)CCNC(=O)c1noc(-c2cc(C(C)C)c(O)cc2O)c1-c1ccc(CN2CCOCC2)cc1. The van der Waals surface area contributed by atoms with Crippen molar-refractivity contribution in [2.75, 3.05) is 32.8 Å². The Morgan fingerprint density at radius 2 is 1.72 bits per heavy atom. The van der Waals surface area contributed by atoms with Crippen LogP contribution in [0.3, 0.4) is 0 Å². The summed E-state index contributed by atoms with van der Waals surface area (Å²) in [6.07, 6.45) is 0.206. The van der Waals surface area contributed by atoms with Crippen molar-refractivity contribution in [3.63, 3.8) is 0 Å². The van der Waals surface area contributed by atoms with Crippen LogP contribution in [0.2, 0.25) is 0 Å². The van der Waals surface area contributed by atoms with Gasteiger partial charge >= 0.3 is 11.9 Å². The van der Waals surface area contributed by atoms with Crippen molar-refractivity contribution in [2.45, 2.75) is 78.2 Å². The second-order valence-electron chi connectivity index (χ2n) is 16.9. The number of aromatic hydroxyl groups is 3. The van der Waals surface area contributed by atoms with E-state index in [2.05, 4.69) is 15.4 Å². The van der Waals surface area contributed by atoms with Crippen molar-refractivity contribution in [2.24, 2.45) is 0 Å². The fraction of sp³-hybridized carbons (Fsp3) is 0.347. The molecule has 6 heterocycles. The summed E-state index contributed by atoms with van der Waals surface area (Å²) in [5.74, 6) is -2.60. The highest BCUT2D eigenvalue weighted by atomic mass is 16.6. The number of morpholine rings is 1. The Labute approximate surface area is 373 Å². The highest BCUT2D eigenvalue weighted by Crippen LogP contribution is 2.45. The van der Waals surface area contributed by atoms with Gasteiger partial charge in [-0.05, 0) is 71.3 Å². The average Bonchev–Trinajstić information content (AvgIpc) is 3.90. The normalized spacial score (nSPS) is 16.8. The number of cyclic esters (lactones) is 1. The van der Waals surface area contributed by atoms with Gasteiger partial charge in [0.25, 0.3) is 11.5 Å². The maximum Gasteiger partial charge on any atom is 0.355 e. The number of hydrogen-bond donors (Lipinski definition) is 4. The maximum absolute atomic E-state index is 14.2. The molecule has 65 heavy (non-hydrogen) atoms. The molecule has 1 saturated heterocycles. The van der Waals surface area contributed by atoms with Crippen molar-refractivity contribution < 1.29 is 48.4 Å². The monoisotopic (exact) mass is 883 g/mol. The molecule has 1 amide bonds. The molecule has 16 heteroatoms. The number of nitrogens with one attached hydrogen (secondary N) is 1. The summed E-state index contributed by atoms with van der Waals surface area (Å²) >= 11 is 0. The van der Waals surface area contributed by atoms with Gasteiger partial charge in [0, 0.05) is 48.8 Å². The number of hydrogen-bond acceptors (Lipinski definition) is 14. The van der Waals surface area contributed by atoms with Crippen LogP contribution in [0.25, 0.3) is 44.7 Å². The van der Waals surface area contributed by atoms with Gasteiger partial charge in [0.2, 0.25) is 5.60 Å². The number of esters is 2. The van der Waals surface area contributed by atoms with E-state index in [4.69, 9.17) is 23.7 Å². The number of amides is 1. The number of carbonyl (C=O) groups excluding carboxylic acids is 3. The minimum absolute atomic E-state index is 0.0454. The molecule has 3 aromatic heterocycles. The number of aryl methyl sites for hydroxylation is 1. The van der Waals surface area contributed by atoms with Crippen LogP contribution in [-0.4, -0.2) is 85.6 Å². The lowest BCUT2D eigenvalue weighted by molar-refractivity contribution is -0.189. The van der Waals surface area contributed by atoms with Crippen LogP contribution in [0.4, 0.5) is 0 Å². The molecular formula is C49H49N5O11. The van der Waals surface area contributed by atoms with E-state index in [1.54, 1.807) is 41.8 Å².